The van der Waals surface area contributed by atoms with Gasteiger partial charge < -0.3 is 9.47 Å². The Morgan fingerprint density at radius 3 is 2.19 bits per heavy atom. The predicted octanol–water partition coefficient (Wildman–Crippen LogP) is 4.52. The molecule has 164 valence electrons. The summed E-state index contributed by atoms with van der Waals surface area (Å²) in [5.74, 6) is 1.28. The van der Waals surface area contributed by atoms with Gasteiger partial charge in [0.2, 0.25) is 10.0 Å². The van der Waals surface area contributed by atoms with Crippen LogP contribution < -0.4 is 14.6 Å². The summed E-state index contributed by atoms with van der Waals surface area (Å²) in [5, 5.41) is 10.6. The van der Waals surface area contributed by atoms with E-state index in [-0.39, 0.29) is 4.90 Å². The molecule has 0 atom stereocenters. The quantitative estimate of drug-likeness (QED) is 0.447. The smallest absolute Gasteiger partial charge is 0.238 e. The van der Waals surface area contributed by atoms with Gasteiger partial charge in [-0.05, 0) is 54.6 Å². The highest BCUT2D eigenvalue weighted by molar-refractivity contribution is 7.89. The monoisotopic (exact) mass is 469 g/mol. The lowest BCUT2D eigenvalue weighted by atomic mass is 10.1. The van der Waals surface area contributed by atoms with Gasteiger partial charge in [-0.3, -0.25) is 0 Å². The molecule has 1 heterocycles. The van der Waals surface area contributed by atoms with E-state index in [1.807, 2.05) is 30.3 Å². The Hall–Kier alpha value is -3.33. The summed E-state index contributed by atoms with van der Waals surface area (Å²) >= 11 is 6.07. The van der Waals surface area contributed by atoms with Gasteiger partial charge in [-0.1, -0.05) is 23.7 Å². The summed E-state index contributed by atoms with van der Waals surface area (Å²) in [6.07, 6.45) is 0. The Kier molecular flexibility index (Phi) is 5.92. The van der Waals surface area contributed by atoms with E-state index in [1.165, 1.54) is 12.1 Å². The largest absolute Gasteiger partial charge is 0.497 e. The number of benzene rings is 3. The number of ether oxygens (including phenoxy) is 2. The Morgan fingerprint density at radius 2 is 1.59 bits per heavy atom. The van der Waals surface area contributed by atoms with Gasteiger partial charge >= 0.3 is 0 Å². The van der Waals surface area contributed by atoms with Crippen LogP contribution in [0, 0.1) is 0 Å². The fourth-order valence-corrected chi connectivity index (χ4v) is 3.96. The molecule has 0 aliphatic heterocycles. The van der Waals surface area contributed by atoms with Crippen LogP contribution in [-0.2, 0) is 10.0 Å². The lowest BCUT2D eigenvalue weighted by Gasteiger charge is -2.09. The molecule has 3 aromatic carbocycles. The van der Waals surface area contributed by atoms with Gasteiger partial charge in [0.1, 0.15) is 11.5 Å². The van der Waals surface area contributed by atoms with Crippen molar-refractivity contribution in [1.29, 1.82) is 0 Å². The first-order valence-electron chi connectivity index (χ1n) is 9.52. The van der Waals surface area contributed by atoms with Crippen molar-refractivity contribution in [3.63, 3.8) is 0 Å². The third-order valence-electron chi connectivity index (χ3n) is 4.94. The molecular weight excluding hydrogens is 450 g/mol. The van der Waals surface area contributed by atoms with Crippen LogP contribution in [0.15, 0.2) is 77.7 Å². The number of halogens is 1. The molecule has 1 aromatic heterocycles. The molecule has 0 amide bonds. The number of methoxy groups -OCH3 is 2. The Labute approximate surface area is 191 Å². The second kappa shape index (κ2) is 8.66. The zero-order valence-corrected chi connectivity index (χ0v) is 18.9. The number of aromatic nitrogens is 2. The van der Waals surface area contributed by atoms with Gasteiger partial charge in [-0.15, -0.1) is 0 Å². The van der Waals surface area contributed by atoms with Crippen molar-refractivity contribution in [2.75, 3.05) is 14.2 Å². The van der Waals surface area contributed by atoms with Crippen LogP contribution in [0.4, 0.5) is 0 Å². The lowest BCUT2D eigenvalue weighted by molar-refractivity contribution is 0.395. The van der Waals surface area contributed by atoms with Crippen molar-refractivity contribution in [3.05, 3.63) is 77.8 Å². The van der Waals surface area contributed by atoms with E-state index >= 15 is 0 Å². The second-order valence-corrected chi connectivity index (χ2v) is 8.94. The minimum Gasteiger partial charge on any atom is -0.497 e. The van der Waals surface area contributed by atoms with Crippen LogP contribution in [0.25, 0.3) is 28.2 Å². The topological polar surface area (TPSA) is 96.4 Å². The maximum Gasteiger partial charge on any atom is 0.238 e. The van der Waals surface area contributed by atoms with Crippen molar-refractivity contribution in [1.82, 2.24) is 9.78 Å². The SMILES string of the molecule is COc1ccc(-c2cc(-c3ccc(Cl)cc3)n(-c3ccc(S(N)(=O)=O)cc3)n2)c(OC)c1. The molecule has 0 bridgehead atoms. The molecule has 7 nitrogen and oxygen atoms in total. The van der Waals surface area contributed by atoms with E-state index in [0.29, 0.717) is 27.9 Å². The first-order chi connectivity index (χ1) is 15.3. The molecule has 0 saturated carbocycles. The van der Waals surface area contributed by atoms with Crippen molar-refractivity contribution in [2.45, 2.75) is 4.90 Å². The average Bonchev–Trinajstić information content (AvgIpc) is 3.23. The zero-order chi connectivity index (χ0) is 22.9. The zero-order valence-electron chi connectivity index (χ0n) is 17.3. The molecule has 0 fully saturated rings. The van der Waals surface area contributed by atoms with Crippen LogP contribution in [0.2, 0.25) is 5.02 Å². The fraction of sp³-hybridized carbons (Fsp3) is 0.0870. The van der Waals surface area contributed by atoms with E-state index in [9.17, 15) is 8.42 Å². The molecular formula is C23H20ClN3O4S. The summed E-state index contributed by atoms with van der Waals surface area (Å²) < 4.78 is 35.8. The van der Waals surface area contributed by atoms with E-state index in [2.05, 4.69) is 0 Å². The number of hydrogen-bond donors (Lipinski definition) is 1. The number of nitrogens with two attached hydrogens (primary N) is 1. The third-order valence-corrected chi connectivity index (χ3v) is 6.13. The van der Waals surface area contributed by atoms with E-state index in [4.69, 9.17) is 31.3 Å². The van der Waals surface area contributed by atoms with Crippen molar-refractivity contribution in [3.8, 4) is 39.7 Å². The standard InChI is InChI=1S/C23H20ClN3O4S/c1-30-18-9-12-20(23(13-18)31-2)21-14-22(15-3-5-16(24)6-4-15)27(26-21)17-7-10-19(11-8-17)32(25,28)29/h3-14H,1-2H3,(H2,25,28,29). The molecule has 0 aliphatic carbocycles. The van der Waals surface area contributed by atoms with E-state index in [0.717, 1.165) is 16.8 Å². The molecule has 0 saturated heterocycles. The summed E-state index contributed by atoms with van der Waals surface area (Å²) in [4.78, 5) is 0.0264. The number of nitrogens with zero attached hydrogens (tertiary/aromatic N) is 2. The van der Waals surface area contributed by atoms with Crippen LogP contribution in [0.5, 0.6) is 11.5 Å². The van der Waals surface area contributed by atoms with Gasteiger partial charge in [0.05, 0.1) is 36.2 Å². The third kappa shape index (κ3) is 4.34. The highest BCUT2D eigenvalue weighted by atomic mass is 35.5. The van der Waals surface area contributed by atoms with Gasteiger partial charge in [0, 0.05) is 22.2 Å². The Morgan fingerprint density at radius 1 is 0.906 bits per heavy atom. The van der Waals surface area contributed by atoms with E-state index < -0.39 is 10.0 Å². The number of rotatable bonds is 6. The lowest BCUT2D eigenvalue weighted by Crippen LogP contribution is -2.12. The Bertz CT molecular complexity index is 1370. The van der Waals surface area contributed by atoms with Gasteiger partial charge in [-0.2, -0.15) is 5.10 Å². The fourth-order valence-electron chi connectivity index (χ4n) is 3.32. The van der Waals surface area contributed by atoms with Crippen LogP contribution in [0.1, 0.15) is 0 Å². The average molecular weight is 470 g/mol. The summed E-state index contributed by atoms with van der Waals surface area (Å²) in [6, 6.07) is 21.0. The molecule has 0 radical (unpaired) electrons. The summed E-state index contributed by atoms with van der Waals surface area (Å²) in [5.41, 5.74) is 3.79. The molecule has 4 aromatic rings. The van der Waals surface area contributed by atoms with Crippen LogP contribution in [0.3, 0.4) is 0 Å². The molecule has 0 spiro atoms. The number of primary sulfonamides is 1. The highest BCUT2D eigenvalue weighted by Gasteiger charge is 2.17. The molecule has 2 N–H and O–H groups in total. The van der Waals surface area contributed by atoms with Crippen molar-refractivity contribution in [2.24, 2.45) is 5.14 Å². The minimum atomic E-state index is -3.79. The van der Waals surface area contributed by atoms with Crippen molar-refractivity contribution < 1.29 is 17.9 Å². The normalized spacial score (nSPS) is 11.4. The van der Waals surface area contributed by atoms with Gasteiger partial charge in [-0.25, -0.2) is 18.2 Å². The Balaban J connectivity index is 1.89. The van der Waals surface area contributed by atoms with E-state index in [1.54, 1.807) is 49.2 Å². The second-order valence-electron chi connectivity index (χ2n) is 6.94. The summed E-state index contributed by atoms with van der Waals surface area (Å²) in [7, 11) is -0.620. The molecule has 9 heteroatoms. The summed E-state index contributed by atoms with van der Waals surface area (Å²) in [6.45, 7) is 0. The minimum absolute atomic E-state index is 0.0264. The maximum absolute atomic E-state index is 11.6. The molecule has 32 heavy (non-hydrogen) atoms. The first-order valence-corrected chi connectivity index (χ1v) is 11.4. The van der Waals surface area contributed by atoms with Gasteiger partial charge in [0.25, 0.3) is 0 Å². The predicted molar refractivity (Wildman–Crippen MR) is 124 cm³/mol. The first kappa shape index (κ1) is 21.9. The van der Waals surface area contributed by atoms with Crippen molar-refractivity contribution >= 4 is 21.6 Å². The molecule has 0 aliphatic rings. The van der Waals surface area contributed by atoms with Crippen LogP contribution >= 0.6 is 11.6 Å². The maximum atomic E-state index is 11.6. The number of hydrogen-bond acceptors (Lipinski definition) is 5. The highest BCUT2D eigenvalue weighted by Crippen LogP contribution is 2.36. The molecule has 0 unspecified atom stereocenters. The van der Waals surface area contributed by atoms with Crippen LogP contribution in [-0.4, -0.2) is 32.4 Å². The number of sulfonamides is 1. The molecule has 4 rings (SSSR count). The van der Waals surface area contributed by atoms with Gasteiger partial charge in [0.15, 0.2) is 0 Å².